The van der Waals surface area contributed by atoms with E-state index in [0.717, 1.165) is 22.6 Å². The van der Waals surface area contributed by atoms with Crippen LogP contribution in [-0.2, 0) is 13.2 Å². The third-order valence-electron chi connectivity index (χ3n) is 3.32. The highest BCUT2D eigenvalue weighted by Gasteiger charge is 2.15. The number of anilines is 1. The molecular weight excluding hydrogens is 272 g/mol. The molecule has 104 valence electrons. The SMILES string of the molecule is CC(Cn1c(CO)nc2cc(N)ccc21)c1nccs1. The summed E-state index contributed by atoms with van der Waals surface area (Å²) < 4.78 is 2.04. The van der Waals surface area contributed by atoms with Crippen LogP contribution in [0.25, 0.3) is 11.0 Å². The molecule has 20 heavy (non-hydrogen) atoms. The zero-order valence-corrected chi connectivity index (χ0v) is 12.0. The zero-order valence-electron chi connectivity index (χ0n) is 11.2. The highest BCUT2D eigenvalue weighted by atomic mass is 32.1. The topological polar surface area (TPSA) is 77.0 Å². The van der Waals surface area contributed by atoms with Crippen molar-refractivity contribution in [1.82, 2.24) is 14.5 Å². The second kappa shape index (κ2) is 5.22. The quantitative estimate of drug-likeness (QED) is 0.723. The Morgan fingerprint density at radius 2 is 2.30 bits per heavy atom. The number of benzene rings is 1. The molecule has 0 radical (unpaired) electrons. The molecule has 0 fully saturated rings. The molecule has 2 heterocycles. The molecule has 0 saturated heterocycles. The number of hydrogen-bond donors (Lipinski definition) is 2. The summed E-state index contributed by atoms with van der Waals surface area (Å²) in [5.41, 5.74) is 8.28. The first kappa shape index (κ1) is 13.1. The van der Waals surface area contributed by atoms with Gasteiger partial charge in [0, 0.05) is 29.7 Å². The molecule has 5 nitrogen and oxygen atoms in total. The largest absolute Gasteiger partial charge is 0.399 e. The van der Waals surface area contributed by atoms with Gasteiger partial charge in [0.05, 0.1) is 16.0 Å². The number of aromatic nitrogens is 3. The molecule has 3 N–H and O–H groups in total. The number of aliphatic hydroxyl groups excluding tert-OH is 1. The van der Waals surface area contributed by atoms with Crippen LogP contribution in [0.1, 0.15) is 23.7 Å². The van der Waals surface area contributed by atoms with E-state index in [9.17, 15) is 5.11 Å². The van der Waals surface area contributed by atoms with Gasteiger partial charge in [-0.3, -0.25) is 0 Å². The molecule has 0 aliphatic rings. The van der Waals surface area contributed by atoms with Crippen LogP contribution in [0.3, 0.4) is 0 Å². The minimum absolute atomic E-state index is 0.0842. The van der Waals surface area contributed by atoms with Crippen LogP contribution in [0, 0.1) is 0 Å². The van der Waals surface area contributed by atoms with Crippen LogP contribution in [0.4, 0.5) is 5.69 Å². The number of thiazole rings is 1. The summed E-state index contributed by atoms with van der Waals surface area (Å²) >= 11 is 1.65. The number of nitrogens with two attached hydrogens (primary N) is 1. The van der Waals surface area contributed by atoms with Crippen LogP contribution in [0.2, 0.25) is 0 Å². The molecule has 0 amide bonds. The van der Waals surface area contributed by atoms with Crippen molar-refractivity contribution in [2.45, 2.75) is 26.0 Å². The highest BCUT2D eigenvalue weighted by Crippen LogP contribution is 2.25. The van der Waals surface area contributed by atoms with Crippen LogP contribution in [0.15, 0.2) is 29.8 Å². The van der Waals surface area contributed by atoms with Gasteiger partial charge in [-0.1, -0.05) is 6.92 Å². The number of rotatable bonds is 4. The lowest BCUT2D eigenvalue weighted by Gasteiger charge is -2.12. The van der Waals surface area contributed by atoms with E-state index in [0.29, 0.717) is 11.5 Å². The maximum absolute atomic E-state index is 9.50. The number of nitrogen functional groups attached to an aromatic ring is 1. The third kappa shape index (κ3) is 2.28. The first-order valence-corrected chi connectivity index (χ1v) is 7.32. The predicted octanol–water partition coefficient (Wildman–Crippen LogP) is 2.37. The smallest absolute Gasteiger partial charge is 0.135 e. The molecule has 0 spiro atoms. The molecule has 0 aliphatic carbocycles. The van der Waals surface area contributed by atoms with Crippen molar-refractivity contribution >= 4 is 28.1 Å². The van der Waals surface area contributed by atoms with Gasteiger partial charge >= 0.3 is 0 Å². The molecule has 6 heteroatoms. The molecule has 3 aromatic rings. The minimum Gasteiger partial charge on any atom is -0.399 e. The Morgan fingerprint density at radius 1 is 1.45 bits per heavy atom. The van der Waals surface area contributed by atoms with Crippen molar-refractivity contribution in [2.75, 3.05) is 5.73 Å². The maximum Gasteiger partial charge on any atom is 0.135 e. The van der Waals surface area contributed by atoms with Gasteiger partial charge in [0.1, 0.15) is 12.4 Å². The van der Waals surface area contributed by atoms with E-state index >= 15 is 0 Å². The molecular formula is C14H16N4OS. The summed E-state index contributed by atoms with van der Waals surface area (Å²) in [5, 5.41) is 12.6. The summed E-state index contributed by atoms with van der Waals surface area (Å²) in [6.45, 7) is 2.78. The van der Waals surface area contributed by atoms with E-state index in [1.165, 1.54) is 0 Å². The molecule has 0 bridgehead atoms. The first-order valence-electron chi connectivity index (χ1n) is 6.44. The fraction of sp³-hybridized carbons (Fsp3) is 0.286. The van der Waals surface area contributed by atoms with Crippen LogP contribution in [0.5, 0.6) is 0 Å². The van der Waals surface area contributed by atoms with Crippen molar-refractivity contribution in [3.05, 3.63) is 40.6 Å². The van der Waals surface area contributed by atoms with E-state index in [4.69, 9.17) is 5.73 Å². The summed E-state index contributed by atoms with van der Waals surface area (Å²) in [7, 11) is 0. The average Bonchev–Trinajstić information content (AvgIpc) is 3.06. The first-order chi connectivity index (χ1) is 9.69. The standard InChI is InChI=1S/C14H16N4OS/c1-9(14-16-4-5-20-14)7-18-12-3-2-10(15)6-11(12)17-13(18)8-19/h2-6,9,19H,7-8,15H2,1H3. The fourth-order valence-electron chi connectivity index (χ4n) is 2.35. The van der Waals surface area contributed by atoms with E-state index in [1.807, 2.05) is 34.3 Å². The normalized spacial score (nSPS) is 12.9. The van der Waals surface area contributed by atoms with Gasteiger partial charge in [-0.2, -0.15) is 0 Å². The average molecular weight is 288 g/mol. The lowest BCUT2D eigenvalue weighted by molar-refractivity contribution is 0.265. The van der Waals surface area contributed by atoms with Crippen molar-refractivity contribution in [2.24, 2.45) is 0 Å². The molecule has 0 aliphatic heterocycles. The predicted molar refractivity (Wildman–Crippen MR) is 80.6 cm³/mol. The fourth-order valence-corrected chi connectivity index (χ4v) is 3.04. The molecule has 1 atom stereocenters. The Hall–Kier alpha value is -1.92. The molecule has 0 saturated carbocycles. The Bertz CT molecular complexity index is 720. The number of fused-ring (bicyclic) bond motifs is 1. The van der Waals surface area contributed by atoms with Gasteiger partial charge in [0.25, 0.3) is 0 Å². The van der Waals surface area contributed by atoms with Crippen molar-refractivity contribution in [1.29, 1.82) is 0 Å². The second-order valence-electron chi connectivity index (χ2n) is 4.82. The number of hydrogen-bond acceptors (Lipinski definition) is 5. The Kier molecular flexibility index (Phi) is 3.42. The summed E-state index contributed by atoms with van der Waals surface area (Å²) in [6.07, 6.45) is 1.82. The summed E-state index contributed by atoms with van der Waals surface area (Å²) in [4.78, 5) is 8.79. The van der Waals surface area contributed by atoms with Crippen molar-refractivity contribution in [3.63, 3.8) is 0 Å². The van der Waals surface area contributed by atoms with Crippen molar-refractivity contribution in [3.8, 4) is 0 Å². The zero-order chi connectivity index (χ0) is 14.1. The van der Waals surface area contributed by atoms with Crippen LogP contribution < -0.4 is 5.73 Å². The Balaban J connectivity index is 2.01. The van der Waals surface area contributed by atoms with Crippen molar-refractivity contribution < 1.29 is 5.11 Å². The van der Waals surface area contributed by atoms with Gasteiger partial charge in [-0.15, -0.1) is 11.3 Å². The summed E-state index contributed by atoms with van der Waals surface area (Å²) in [5.74, 6) is 0.934. The van der Waals surface area contributed by atoms with Gasteiger partial charge in [0.15, 0.2) is 0 Å². The van der Waals surface area contributed by atoms with E-state index in [-0.39, 0.29) is 12.5 Å². The van der Waals surface area contributed by atoms with Crippen LogP contribution >= 0.6 is 11.3 Å². The van der Waals surface area contributed by atoms with Gasteiger partial charge in [-0.05, 0) is 18.2 Å². The highest BCUT2D eigenvalue weighted by molar-refractivity contribution is 7.09. The third-order valence-corrected chi connectivity index (χ3v) is 4.33. The van der Waals surface area contributed by atoms with E-state index < -0.39 is 0 Å². The van der Waals surface area contributed by atoms with Crippen LogP contribution in [-0.4, -0.2) is 19.6 Å². The van der Waals surface area contributed by atoms with Gasteiger partial charge < -0.3 is 15.4 Å². The molecule has 3 rings (SSSR count). The lowest BCUT2D eigenvalue weighted by Crippen LogP contribution is -2.09. The van der Waals surface area contributed by atoms with E-state index in [1.54, 1.807) is 11.3 Å². The number of aliphatic hydroxyl groups is 1. The Morgan fingerprint density at radius 3 is 3.00 bits per heavy atom. The second-order valence-corrected chi connectivity index (χ2v) is 5.74. The monoisotopic (exact) mass is 288 g/mol. The molecule has 2 aromatic heterocycles. The molecule has 1 unspecified atom stereocenters. The number of nitrogens with zero attached hydrogens (tertiary/aromatic N) is 3. The lowest BCUT2D eigenvalue weighted by atomic mass is 10.2. The number of imidazole rings is 1. The van der Waals surface area contributed by atoms with Gasteiger partial charge in [0.2, 0.25) is 0 Å². The summed E-state index contributed by atoms with van der Waals surface area (Å²) in [6, 6.07) is 5.64. The Labute approximate surface area is 120 Å². The molecule has 1 aromatic carbocycles. The van der Waals surface area contributed by atoms with Gasteiger partial charge in [-0.25, -0.2) is 9.97 Å². The maximum atomic E-state index is 9.50. The van der Waals surface area contributed by atoms with E-state index in [2.05, 4.69) is 16.9 Å². The minimum atomic E-state index is -0.0842.